The van der Waals surface area contributed by atoms with Gasteiger partial charge in [0.05, 0.1) is 12.1 Å². The Hall–Kier alpha value is -2.08. The predicted octanol–water partition coefficient (Wildman–Crippen LogP) is 2.77. The summed E-state index contributed by atoms with van der Waals surface area (Å²) >= 11 is 1.35. The molecule has 0 aromatic carbocycles. The minimum atomic E-state index is -0.911. The molecule has 112 valence electrons. The number of hydrogen-bond donors (Lipinski definition) is 2. The number of nitrogens with zero attached hydrogens (tertiary/aromatic N) is 1. The summed E-state index contributed by atoms with van der Waals surface area (Å²) in [6.45, 7) is 3.80. The Bertz CT molecular complexity index is 617. The fraction of sp³-hybridized carbons (Fsp3) is 0.333. The summed E-state index contributed by atoms with van der Waals surface area (Å²) in [6, 6.07) is 5.28. The van der Waals surface area contributed by atoms with Gasteiger partial charge in [0.25, 0.3) is 5.91 Å². The largest absolute Gasteiger partial charge is 0.481 e. The van der Waals surface area contributed by atoms with Gasteiger partial charge in [-0.15, -0.1) is 11.3 Å². The van der Waals surface area contributed by atoms with E-state index in [9.17, 15) is 9.59 Å². The van der Waals surface area contributed by atoms with Crippen LogP contribution in [0.1, 0.15) is 29.9 Å². The molecule has 0 fully saturated rings. The van der Waals surface area contributed by atoms with Gasteiger partial charge >= 0.3 is 5.97 Å². The van der Waals surface area contributed by atoms with Gasteiger partial charge in [0.2, 0.25) is 0 Å². The molecule has 2 rings (SSSR count). The second-order valence-electron chi connectivity index (χ2n) is 5.15. The number of aliphatic carboxylic acids is 1. The molecule has 2 N–H and O–H groups in total. The molecule has 1 amide bonds. The number of nitrogens with one attached hydrogen (secondary N) is 1. The van der Waals surface area contributed by atoms with Gasteiger partial charge in [0.1, 0.15) is 4.88 Å². The molecule has 2 heterocycles. The van der Waals surface area contributed by atoms with E-state index in [0.717, 1.165) is 5.69 Å². The highest BCUT2D eigenvalue weighted by Gasteiger charge is 2.22. The number of carbonyl (C=O) groups excluding carboxylic acids is 1. The molecule has 0 saturated heterocycles. The summed E-state index contributed by atoms with van der Waals surface area (Å²) in [4.78, 5) is 23.9. The van der Waals surface area contributed by atoms with E-state index in [2.05, 4.69) is 5.32 Å². The molecular formula is C15H18N2O3S. The maximum Gasteiger partial charge on any atom is 0.305 e. The van der Waals surface area contributed by atoms with Gasteiger partial charge in [-0.05, 0) is 29.5 Å². The van der Waals surface area contributed by atoms with Gasteiger partial charge in [-0.25, -0.2) is 0 Å². The van der Waals surface area contributed by atoms with Crippen molar-refractivity contribution >= 4 is 23.2 Å². The average molecular weight is 306 g/mol. The van der Waals surface area contributed by atoms with Crippen LogP contribution in [-0.2, 0) is 4.79 Å². The molecule has 0 aliphatic rings. The van der Waals surface area contributed by atoms with Crippen LogP contribution < -0.4 is 5.32 Å². The van der Waals surface area contributed by atoms with Crippen molar-refractivity contribution in [1.29, 1.82) is 0 Å². The molecule has 0 aliphatic heterocycles. The zero-order chi connectivity index (χ0) is 15.4. The molecule has 2 aromatic heterocycles. The summed E-state index contributed by atoms with van der Waals surface area (Å²) in [6.07, 6.45) is 3.67. The Kier molecular flexibility index (Phi) is 4.80. The Morgan fingerprint density at radius 3 is 2.57 bits per heavy atom. The topological polar surface area (TPSA) is 71.3 Å². The first-order valence-corrected chi connectivity index (χ1v) is 7.60. The Morgan fingerprint density at radius 1 is 1.33 bits per heavy atom. The van der Waals surface area contributed by atoms with Crippen LogP contribution in [0, 0.1) is 5.92 Å². The van der Waals surface area contributed by atoms with E-state index in [4.69, 9.17) is 5.11 Å². The van der Waals surface area contributed by atoms with Gasteiger partial charge in [-0.3, -0.25) is 9.59 Å². The highest BCUT2D eigenvalue weighted by atomic mass is 32.1. The first-order valence-electron chi connectivity index (χ1n) is 6.72. The monoisotopic (exact) mass is 306 g/mol. The van der Waals surface area contributed by atoms with Crippen LogP contribution in [0.15, 0.2) is 36.0 Å². The van der Waals surface area contributed by atoms with E-state index < -0.39 is 5.97 Å². The number of amides is 1. The Morgan fingerprint density at radius 2 is 2.00 bits per heavy atom. The number of hydrogen-bond acceptors (Lipinski definition) is 3. The molecule has 21 heavy (non-hydrogen) atoms. The van der Waals surface area contributed by atoms with Crippen LogP contribution in [0.5, 0.6) is 0 Å². The molecule has 0 radical (unpaired) electrons. The molecule has 0 bridgehead atoms. The second kappa shape index (κ2) is 6.58. The minimum absolute atomic E-state index is 0.0556. The molecule has 0 aliphatic carbocycles. The SMILES string of the molecule is CC(C)C(CC(=O)O)NC(=O)c1sccc1-n1cccc1. The minimum Gasteiger partial charge on any atom is -0.481 e. The summed E-state index contributed by atoms with van der Waals surface area (Å²) < 4.78 is 1.87. The Balaban J connectivity index is 2.17. The number of thiophene rings is 1. The summed E-state index contributed by atoms with van der Waals surface area (Å²) in [7, 11) is 0. The molecule has 6 heteroatoms. The third-order valence-electron chi connectivity index (χ3n) is 3.25. The number of carboxylic acids is 1. The van der Waals surface area contributed by atoms with E-state index in [-0.39, 0.29) is 24.3 Å². The van der Waals surface area contributed by atoms with E-state index in [0.29, 0.717) is 4.88 Å². The quantitative estimate of drug-likeness (QED) is 0.862. The third kappa shape index (κ3) is 3.72. The van der Waals surface area contributed by atoms with Crippen LogP contribution in [0.25, 0.3) is 5.69 Å². The van der Waals surface area contributed by atoms with E-state index in [1.165, 1.54) is 11.3 Å². The number of rotatable bonds is 6. The summed E-state index contributed by atoms with van der Waals surface area (Å²) in [5, 5.41) is 13.6. The lowest BCUT2D eigenvalue weighted by Gasteiger charge is -2.20. The highest BCUT2D eigenvalue weighted by molar-refractivity contribution is 7.12. The van der Waals surface area contributed by atoms with Crippen molar-refractivity contribution < 1.29 is 14.7 Å². The number of carboxylic acid groups (broad SMARTS) is 1. The molecular weight excluding hydrogens is 288 g/mol. The molecule has 1 atom stereocenters. The predicted molar refractivity (Wildman–Crippen MR) is 82.0 cm³/mol. The fourth-order valence-electron chi connectivity index (χ4n) is 2.05. The van der Waals surface area contributed by atoms with Crippen molar-refractivity contribution in [3.8, 4) is 5.69 Å². The van der Waals surface area contributed by atoms with E-state index >= 15 is 0 Å². The van der Waals surface area contributed by atoms with Crippen LogP contribution in [0.3, 0.4) is 0 Å². The lowest BCUT2D eigenvalue weighted by atomic mass is 10.0. The summed E-state index contributed by atoms with van der Waals surface area (Å²) in [5.41, 5.74) is 0.806. The van der Waals surface area contributed by atoms with Crippen LogP contribution in [0.4, 0.5) is 0 Å². The van der Waals surface area contributed by atoms with Gasteiger partial charge in [-0.1, -0.05) is 13.8 Å². The molecule has 1 unspecified atom stereocenters. The zero-order valence-corrected chi connectivity index (χ0v) is 12.8. The van der Waals surface area contributed by atoms with Gasteiger partial charge < -0.3 is 15.0 Å². The Labute approximate surface area is 127 Å². The standard InChI is InChI=1S/C15H18N2O3S/c1-10(2)11(9-13(18)19)16-15(20)14-12(5-8-21-14)17-6-3-4-7-17/h3-8,10-11H,9H2,1-2H3,(H,16,20)(H,18,19). The molecule has 0 spiro atoms. The molecule has 2 aromatic rings. The highest BCUT2D eigenvalue weighted by Crippen LogP contribution is 2.22. The lowest BCUT2D eigenvalue weighted by molar-refractivity contribution is -0.137. The zero-order valence-electron chi connectivity index (χ0n) is 11.9. The van der Waals surface area contributed by atoms with Crippen molar-refractivity contribution in [2.75, 3.05) is 0 Å². The van der Waals surface area contributed by atoms with Crippen molar-refractivity contribution in [3.63, 3.8) is 0 Å². The van der Waals surface area contributed by atoms with E-state index in [1.807, 2.05) is 54.4 Å². The molecule has 5 nitrogen and oxygen atoms in total. The van der Waals surface area contributed by atoms with Gasteiger partial charge in [-0.2, -0.15) is 0 Å². The molecule has 0 saturated carbocycles. The summed E-state index contributed by atoms with van der Waals surface area (Å²) in [5.74, 6) is -1.08. The van der Waals surface area contributed by atoms with Crippen LogP contribution in [0.2, 0.25) is 0 Å². The van der Waals surface area contributed by atoms with Crippen molar-refractivity contribution in [3.05, 3.63) is 40.8 Å². The van der Waals surface area contributed by atoms with Crippen molar-refractivity contribution in [2.24, 2.45) is 5.92 Å². The second-order valence-corrected chi connectivity index (χ2v) is 6.06. The normalized spacial score (nSPS) is 12.3. The number of carbonyl (C=O) groups is 2. The maximum absolute atomic E-state index is 12.4. The smallest absolute Gasteiger partial charge is 0.305 e. The third-order valence-corrected chi connectivity index (χ3v) is 4.15. The maximum atomic E-state index is 12.4. The van der Waals surface area contributed by atoms with Gasteiger partial charge in [0, 0.05) is 18.4 Å². The van der Waals surface area contributed by atoms with Crippen molar-refractivity contribution in [1.82, 2.24) is 9.88 Å². The first-order chi connectivity index (χ1) is 9.99. The number of aromatic nitrogens is 1. The fourth-order valence-corrected chi connectivity index (χ4v) is 2.84. The van der Waals surface area contributed by atoms with Crippen molar-refractivity contribution in [2.45, 2.75) is 26.3 Å². The lowest BCUT2D eigenvalue weighted by Crippen LogP contribution is -2.40. The van der Waals surface area contributed by atoms with E-state index in [1.54, 1.807) is 0 Å². The van der Waals surface area contributed by atoms with Crippen LogP contribution >= 0.6 is 11.3 Å². The van der Waals surface area contributed by atoms with Gasteiger partial charge in [0.15, 0.2) is 0 Å². The average Bonchev–Trinajstić information content (AvgIpc) is 3.07. The van der Waals surface area contributed by atoms with Crippen LogP contribution in [-0.4, -0.2) is 27.6 Å². The first kappa shape index (κ1) is 15.3.